The maximum absolute atomic E-state index is 10.9. The third-order valence-electron chi connectivity index (χ3n) is 2.20. The van der Waals surface area contributed by atoms with Gasteiger partial charge in [-0.15, -0.1) is 0 Å². The van der Waals surface area contributed by atoms with Gasteiger partial charge in [0.2, 0.25) is 5.91 Å². The minimum atomic E-state index is -1.08. The summed E-state index contributed by atoms with van der Waals surface area (Å²) in [5.41, 5.74) is 1.19. The standard InChI is InChI=1S/C10H11N5O3S/c1-5(16)13-7(9(17)18)3-19-10-14-6-2-11-4-12-8(6)15-10/h2,4,7H,3H2,1H3,(H,13,16)(H,17,18)(H,11,12,14,15)/t7-/m0/s1. The van der Waals surface area contributed by atoms with E-state index in [9.17, 15) is 9.59 Å². The first-order chi connectivity index (χ1) is 9.06. The van der Waals surface area contributed by atoms with Crippen LogP contribution in [0.1, 0.15) is 6.92 Å². The molecule has 100 valence electrons. The summed E-state index contributed by atoms with van der Waals surface area (Å²) in [6.07, 6.45) is 2.97. The molecule has 0 bridgehead atoms. The number of aliphatic carboxylic acids is 1. The van der Waals surface area contributed by atoms with E-state index in [-0.39, 0.29) is 11.7 Å². The maximum Gasteiger partial charge on any atom is 0.327 e. The summed E-state index contributed by atoms with van der Waals surface area (Å²) in [4.78, 5) is 36.8. The second-order valence-corrected chi connectivity index (χ2v) is 4.71. The molecule has 2 rings (SSSR count). The number of imidazole rings is 1. The van der Waals surface area contributed by atoms with Gasteiger partial charge in [0.05, 0.1) is 6.20 Å². The molecule has 0 unspecified atom stereocenters. The zero-order chi connectivity index (χ0) is 13.8. The third-order valence-corrected chi connectivity index (χ3v) is 3.17. The number of thioether (sulfide) groups is 1. The Morgan fingerprint density at radius 3 is 3.00 bits per heavy atom. The van der Waals surface area contributed by atoms with Gasteiger partial charge in [-0.3, -0.25) is 4.79 Å². The monoisotopic (exact) mass is 281 g/mol. The smallest absolute Gasteiger partial charge is 0.327 e. The van der Waals surface area contributed by atoms with Gasteiger partial charge in [-0.2, -0.15) is 0 Å². The normalized spacial score (nSPS) is 12.3. The number of H-pyrrole nitrogens is 1. The number of hydrogen-bond donors (Lipinski definition) is 3. The number of nitrogens with one attached hydrogen (secondary N) is 2. The number of carboxylic acid groups (broad SMARTS) is 1. The number of hydrogen-bond acceptors (Lipinski definition) is 6. The van der Waals surface area contributed by atoms with E-state index < -0.39 is 12.0 Å². The predicted molar refractivity (Wildman–Crippen MR) is 67.6 cm³/mol. The lowest BCUT2D eigenvalue weighted by Gasteiger charge is -2.11. The number of aromatic nitrogens is 4. The predicted octanol–water partition coefficient (Wildman–Crippen LogP) is 0.0343. The molecule has 2 aromatic heterocycles. The van der Waals surface area contributed by atoms with Crippen LogP contribution in [-0.4, -0.2) is 48.7 Å². The molecule has 2 aromatic rings. The summed E-state index contributed by atoms with van der Waals surface area (Å²) in [6, 6.07) is -0.957. The van der Waals surface area contributed by atoms with Gasteiger partial charge in [-0.25, -0.2) is 19.7 Å². The lowest BCUT2D eigenvalue weighted by Crippen LogP contribution is -2.41. The Bertz CT molecular complexity index is 581. The first kappa shape index (κ1) is 13.3. The molecule has 0 fully saturated rings. The Balaban J connectivity index is 2.03. The highest BCUT2D eigenvalue weighted by molar-refractivity contribution is 7.99. The summed E-state index contributed by atoms with van der Waals surface area (Å²) < 4.78 is 0. The summed E-state index contributed by atoms with van der Waals surface area (Å²) in [7, 11) is 0. The highest BCUT2D eigenvalue weighted by Crippen LogP contribution is 2.18. The number of aromatic amines is 1. The van der Waals surface area contributed by atoms with Crippen LogP contribution in [-0.2, 0) is 9.59 Å². The number of nitrogens with zero attached hydrogens (tertiary/aromatic N) is 3. The number of fused-ring (bicyclic) bond motifs is 1. The molecule has 8 nitrogen and oxygen atoms in total. The first-order valence-electron chi connectivity index (χ1n) is 5.34. The molecule has 0 saturated heterocycles. The highest BCUT2D eigenvalue weighted by atomic mass is 32.2. The van der Waals surface area contributed by atoms with Gasteiger partial charge in [0.15, 0.2) is 10.8 Å². The van der Waals surface area contributed by atoms with E-state index >= 15 is 0 Å². The molecule has 0 saturated carbocycles. The molecule has 9 heteroatoms. The molecular weight excluding hydrogens is 270 g/mol. The van der Waals surface area contributed by atoms with Gasteiger partial charge in [-0.05, 0) is 0 Å². The number of carboxylic acids is 1. The van der Waals surface area contributed by atoms with E-state index in [0.717, 1.165) is 0 Å². The van der Waals surface area contributed by atoms with Crippen molar-refractivity contribution in [3.63, 3.8) is 0 Å². The Hall–Kier alpha value is -2.16. The Kier molecular flexibility index (Phi) is 3.95. The van der Waals surface area contributed by atoms with Crippen LogP contribution in [0.4, 0.5) is 0 Å². The van der Waals surface area contributed by atoms with Crippen molar-refractivity contribution in [2.75, 3.05) is 5.75 Å². The van der Waals surface area contributed by atoms with Crippen molar-refractivity contribution >= 4 is 34.8 Å². The largest absolute Gasteiger partial charge is 0.480 e. The topological polar surface area (TPSA) is 121 Å². The second-order valence-electron chi connectivity index (χ2n) is 3.70. The van der Waals surface area contributed by atoms with Crippen molar-refractivity contribution in [1.29, 1.82) is 0 Å². The van der Waals surface area contributed by atoms with E-state index in [1.165, 1.54) is 25.0 Å². The minimum Gasteiger partial charge on any atom is -0.480 e. The van der Waals surface area contributed by atoms with Crippen LogP contribution in [0.2, 0.25) is 0 Å². The summed E-state index contributed by atoms with van der Waals surface area (Å²) in [5, 5.41) is 11.8. The molecule has 0 aliphatic heterocycles. The van der Waals surface area contributed by atoms with E-state index in [2.05, 4.69) is 25.3 Å². The molecule has 3 N–H and O–H groups in total. The molecule has 1 amide bonds. The molecule has 2 heterocycles. The summed E-state index contributed by atoms with van der Waals surface area (Å²) in [6.45, 7) is 1.28. The number of amides is 1. The molecule has 0 aromatic carbocycles. The Morgan fingerprint density at radius 1 is 1.58 bits per heavy atom. The van der Waals surface area contributed by atoms with Gasteiger partial charge in [0.1, 0.15) is 17.9 Å². The fourth-order valence-electron chi connectivity index (χ4n) is 1.39. The fraction of sp³-hybridized carbons (Fsp3) is 0.300. The fourth-order valence-corrected chi connectivity index (χ4v) is 2.27. The van der Waals surface area contributed by atoms with Crippen LogP contribution in [0.15, 0.2) is 17.7 Å². The Morgan fingerprint density at radius 2 is 2.37 bits per heavy atom. The van der Waals surface area contributed by atoms with Gasteiger partial charge >= 0.3 is 5.97 Å². The molecular formula is C10H11N5O3S. The third kappa shape index (κ3) is 3.41. The van der Waals surface area contributed by atoms with Gasteiger partial charge in [-0.1, -0.05) is 11.8 Å². The molecule has 19 heavy (non-hydrogen) atoms. The molecule has 0 radical (unpaired) electrons. The minimum absolute atomic E-state index is 0.169. The average molecular weight is 281 g/mol. The van der Waals surface area contributed by atoms with Crippen molar-refractivity contribution in [2.24, 2.45) is 0 Å². The van der Waals surface area contributed by atoms with E-state index in [4.69, 9.17) is 5.11 Å². The lowest BCUT2D eigenvalue weighted by molar-refractivity contribution is -0.140. The molecule has 0 spiro atoms. The number of carbonyl (C=O) groups is 2. The maximum atomic E-state index is 10.9. The average Bonchev–Trinajstić information content (AvgIpc) is 2.76. The van der Waals surface area contributed by atoms with E-state index in [1.807, 2.05) is 0 Å². The molecule has 1 atom stereocenters. The summed E-state index contributed by atoms with van der Waals surface area (Å²) in [5.74, 6) is -1.30. The van der Waals surface area contributed by atoms with Gasteiger partial charge in [0, 0.05) is 12.7 Å². The Labute approximate surface area is 112 Å². The quantitative estimate of drug-likeness (QED) is 0.661. The van der Waals surface area contributed by atoms with Crippen LogP contribution in [0.5, 0.6) is 0 Å². The van der Waals surface area contributed by atoms with Crippen LogP contribution in [0.3, 0.4) is 0 Å². The van der Waals surface area contributed by atoms with Crippen molar-refractivity contribution in [3.8, 4) is 0 Å². The molecule has 0 aliphatic carbocycles. The van der Waals surface area contributed by atoms with Crippen LogP contribution in [0, 0.1) is 0 Å². The van der Waals surface area contributed by atoms with Crippen molar-refractivity contribution in [2.45, 2.75) is 18.1 Å². The van der Waals surface area contributed by atoms with E-state index in [1.54, 1.807) is 6.20 Å². The van der Waals surface area contributed by atoms with Crippen LogP contribution < -0.4 is 5.32 Å². The SMILES string of the molecule is CC(=O)N[C@@H](CSc1nc2ncncc2[nH]1)C(=O)O. The van der Waals surface area contributed by atoms with Crippen molar-refractivity contribution in [3.05, 3.63) is 12.5 Å². The lowest BCUT2D eigenvalue weighted by atomic mass is 10.3. The van der Waals surface area contributed by atoms with Crippen molar-refractivity contribution < 1.29 is 14.7 Å². The van der Waals surface area contributed by atoms with Crippen molar-refractivity contribution in [1.82, 2.24) is 25.3 Å². The van der Waals surface area contributed by atoms with E-state index in [0.29, 0.717) is 16.3 Å². The van der Waals surface area contributed by atoms with Crippen LogP contribution >= 0.6 is 11.8 Å². The number of rotatable bonds is 5. The van der Waals surface area contributed by atoms with Gasteiger partial charge in [0.25, 0.3) is 0 Å². The first-order valence-corrected chi connectivity index (χ1v) is 6.33. The zero-order valence-electron chi connectivity index (χ0n) is 9.95. The summed E-state index contributed by atoms with van der Waals surface area (Å²) >= 11 is 1.19. The zero-order valence-corrected chi connectivity index (χ0v) is 10.8. The van der Waals surface area contributed by atoms with Gasteiger partial charge < -0.3 is 15.4 Å². The molecule has 0 aliphatic rings. The number of carbonyl (C=O) groups excluding carboxylic acids is 1. The highest BCUT2D eigenvalue weighted by Gasteiger charge is 2.19. The van der Waals surface area contributed by atoms with Crippen LogP contribution in [0.25, 0.3) is 11.2 Å². The second kappa shape index (κ2) is 5.65.